The summed E-state index contributed by atoms with van der Waals surface area (Å²) in [7, 11) is 0. The van der Waals surface area contributed by atoms with Crippen molar-refractivity contribution in [2.24, 2.45) is 0 Å². The molecule has 0 unspecified atom stereocenters. The van der Waals surface area contributed by atoms with Gasteiger partial charge >= 0.3 is 5.97 Å². The highest BCUT2D eigenvalue weighted by Crippen LogP contribution is 2.25. The fourth-order valence-electron chi connectivity index (χ4n) is 3.28. The Bertz CT molecular complexity index is 688. The van der Waals surface area contributed by atoms with Gasteiger partial charge in [0.05, 0.1) is 15.5 Å². The molecule has 0 aromatic heterocycles. The SMILES string of the molecule is CCN(C(=O)[C@H](C)OC(=O)c1ccc([N+](=O)[O-])cc1Cl)C1CCCCC1. The molecular formula is C18H23ClN2O5. The summed E-state index contributed by atoms with van der Waals surface area (Å²) >= 11 is 5.94. The van der Waals surface area contributed by atoms with Crippen LogP contribution in [0.5, 0.6) is 0 Å². The summed E-state index contributed by atoms with van der Waals surface area (Å²) in [5.74, 6) is -1.00. The third-order valence-corrected chi connectivity index (χ3v) is 4.97. The van der Waals surface area contributed by atoms with Crippen LogP contribution in [-0.4, -0.2) is 40.4 Å². The Balaban J connectivity index is 2.05. The van der Waals surface area contributed by atoms with Crippen molar-refractivity contribution in [3.63, 3.8) is 0 Å². The highest BCUT2D eigenvalue weighted by molar-refractivity contribution is 6.33. The molecule has 26 heavy (non-hydrogen) atoms. The lowest BCUT2D eigenvalue weighted by molar-refractivity contribution is -0.384. The number of esters is 1. The summed E-state index contributed by atoms with van der Waals surface area (Å²) in [5.41, 5.74) is -0.220. The Morgan fingerprint density at radius 2 is 2.00 bits per heavy atom. The maximum absolute atomic E-state index is 12.7. The van der Waals surface area contributed by atoms with Gasteiger partial charge in [-0.2, -0.15) is 0 Å². The second-order valence-corrected chi connectivity index (χ2v) is 6.79. The van der Waals surface area contributed by atoms with Crippen LogP contribution >= 0.6 is 11.6 Å². The van der Waals surface area contributed by atoms with Gasteiger partial charge < -0.3 is 9.64 Å². The molecule has 1 amide bonds. The fourth-order valence-corrected chi connectivity index (χ4v) is 3.53. The number of carbonyl (C=O) groups excluding carboxylic acids is 2. The molecule has 1 fully saturated rings. The number of nitro benzene ring substituents is 1. The summed E-state index contributed by atoms with van der Waals surface area (Å²) in [6, 6.07) is 3.68. The van der Waals surface area contributed by atoms with Crippen LogP contribution in [0.25, 0.3) is 0 Å². The molecule has 0 bridgehead atoms. The van der Waals surface area contributed by atoms with Gasteiger partial charge in [-0.15, -0.1) is 0 Å². The standard InChI is InChI=1S/C18H23ClN2O5/c1-3-20(13-7-5-4-6-8-13)17(22)12(2)26-18(23)15-10-9-14(21(24)25)11-16(15)19/h9-13H,3-8H2,1-2H3/t12-/m0/s1. The van der Waals surface area contributed by atoms with Crippen LogP contribution in [0.15, 0.2) is 18.2 Å². The van der Waals surface area contributed by atoms with Crippen molar-refractivity contribution in [3.8, 4) is 0 Å². The number of amides is 1. The van der Waals surface area contributed by atoms with Crippen LogP contribution in [0.4, 0.5) is 5.69 Å². The van der Waals surface area contributed by atoms with Gasteiger partial charge in [0.15, 0.2) is 6.10 Å². The van der Waals surface area contributed by atoms with Gasteiger partial charge in [0.25, 0.3) is 11.6 Å². The first-order valence-corrected chi connectivity index (χ1v) is 9.18. The Hall–Kier alpha value is -2.15. The van der Waals surface area contributed by atoms with E-state index < -0.39 is 17.0 Å². The Labute approximate surface area is 157 Å². The van der Waals surface area contributed by atoms with Crippen LogP contribution in [0.2, 0.25) is 5.02 Å². The van der Waals surface area contributed by atoms with Crippen molar-refractivity contribution >= 4 is 29.2 Å². The zero-order chi connectivity index (χ0) is 19.3. The second kappa shape index (κ2) is 8.98. The summed E-state index contributed by atoms with van der Waals surface area (Å²) in [6.45, 7) is 4.00. The number of non-ortho nitro benzene ring substituents is 1. The van der Waals surface area contributed by atoms with E-state index in [-0.39, 0.29) is 28.2 Å². The zero-order valence-corrected chi connectivity index (χ0v) is 15.7. The molecule has 8 heteroatoms. The van der Waals surface area contributed by atoms with Gasteiger partial charge in [-0.3, -0.25) is 14.9 Å². The number of ether oxygens (including phenoxy) is 1. The van der Waals surface area contributed by atoms with Crippen molar-refractivity contribution in [3.05, 3.63) is 38.9 Å². The Morgan fingerprint density at radius 1 is 1.35 bits per heavy atom. The van der Waals surface area contributed by atoms with E-state index in [1.807, 2.05) is 6.92 Å². The van der Waals surface area contributed by atoms with Gasteiger partial charge in [-0.1, -0.05) is 30.9 Å². The normalized spacial score (nSPS) is 16.0. The molecule has 1 aliphatic carbocycles. The number of benzene rings is 1. The Kier molecular flexibility index (Phi) is 6.97. The monoisotopic (exact) mass is 382 g/mol. The van der Waals surface area contributed by atoms with Crippen molar-refractivity contribution < 1.29 is 19.2 Å². The van der Waals surface area contributed by atoms with Gasteiger partial charge in [0.2, 0.25) is 0 Å². The molecule has 0 radical (unpaired) electrons. The predicted octanol–water partition coefficient (Wildman–Crippen LogP) is 3.97. The maximum atomic E-state index is 12.7. The maximum Gasteiger partial charge on any atom is 0.340 e. The molecule has 0 N–H and O–H groups in total. The predicted molar refractivity (Wildman–Crippen MR) is 97.2 cm³/mol. The first-order chi connectivity index (χ1) is 12.3. The highest BCUT2D eigenvalue weighted by atomic mass is 35.5. The van der Waals surface area contributed by atoms with Crippen LogP contribution in [0.3, 0.4) is 0 Å². The summed E-state index contributed by atoms with van der Waals surface area (Å²) < 4.78 is 5.27. The molecule has 0 saturated heterocycles. The molecule has 0 spiro atoms. The van der Waals surface area contributed by atoms with Crippen molar-refractivity contribution in [2.45, 2.75) is 58.1 Å². The minimum absolute atomic E-state index is 0.00219. The number of nitrogens with zero attached hydrogens (tertiary/aromatic N) is 2. The molecule has 1 aromatic carbocycles. The van der Waals surface area contributed by atoms with Crippen molar-refractivity contribution in [2.75, 3.05) is 6.54 Å². The number of nitro groups is 1. The lowest BCUT2D eigenvalue weighted by atomic mass is 9.94. The van der Waals surface area contributed by atoms with Gasteiger partial charge in [0, 0.05) is 24.7 Å². The number of hydrogen-bond donors (Lipinski definition) is 0. The molecule has 1 atom stereocenters. The molecule has 1 saturated carbocycles. The summed E-state index contributed by atoms with van der Waals surface area (Å²) in [6.07, 6.45) is 4.37. The number of carbonyl (C=O) groups is 2. The minimum atomic E-state index is -0.948. The van der Waals surface area contributed by atoms with Crippen LogP contribution < -0.4 is 0 Å². The molecule has 142 valence electrons. The lowest BCUT2D eigenvalue weighted by Gasteiger charge is -2.35. The van der Waals surface area contributed by atoms with E-state index in [1.165, 1.54) is 25.5 Å². The third kappa shape index (κ3) is 4.72. The number of hydrogen-bond acceptors (Lipinski definition) is 5. The topological polar surface area (TPSA) is 89.8 Å². The average molecular weight is 383 g/mol. The van der Waals surface area contributed by atoms with Crippen LogP contribution in [0.1, 0.15) is 56.3 Å². The van der Waals surface area contributed by atoms with E-state index in [2.05, 4.69) is 0 Å². The molecule has 2 rings (SSSR count). The van der Waals surface area contributed by atoms with Gasteiger partial charge in [-0.25, -0.2) is 4.79 Å². The van der Waals surface area contributed by atoms with E-state index in [4.69, 9.17) is 16.3 Å². The van der Waals surface area contributed by atoms with E-state index >= 15 is 0 Å². The molecular weight excluding hydrogens is 360 g/mol. The quantitative estimate of drug-likeness (QED) is 0.421. The molecule has 1 aliphatic rings. The number of halogens is 1. The smallest absolute Gasteiger partial charge is 0.340 e. The van der Waals surface area contributed by atoms with Crippen molar-refractivity contribution in [1.82, 2.24) is 4.90 Å². The van der Waals surface area contributed by atoms with Gasteiger partial charge in [0.1, 0.15) is 0 Å². The second-order valence-electron chi connectivity index (χ2n) is 6.38. The third-order valence-electron chi connectivity index (χ3n) is 4.65. The van der Waals surface area contributed by atoms with E-state index in [1.54, 1.807) is 4.90 Å². The summed E-state index contributed by atoms with van der Waals surface area (Å²) in [4.78, 5) is 36.9. The van der Waals surface area contributed by atoms with E-state index in [0.717, 1.165) is 31.7 Å². The molecule has 7 nitrogen and oxygen atoms in total. The van der Waals surface area contributed by atoms with Crippen LogP contribution in [-0.2, 0) is 9.53 Å². The lowest BCUT2D eigenvalue weighted by Crippen LogP contribution is -2.46. The number of rotatable bonds is 6. The Morgan fingerprint density at radius 3 is 2.54 bits per heavy atom. The minimum Gasteiger partial charge on any atom is -0.449 e. The molecule has 0 aliphatic heterocycles. The first-order valence-electron chi connectivity index (χ1n) is 8.80. The largest absolute Gasteiger partial charge is 0.449 e. The van der Waals surface area contributed by atoms with Crippen LogP contribution in [0, 0.1) is 10.1 Å². The van der Waals surface area contributed by atoms with E-state index in [0.29, 0.717) is 6.54 Å². The number of likely N-dealkylation sites (N-methyl/N-ethyl adjacent to an activating group) is 1. The zero-order valence-electron chi connectivity index (χ0n) is 14.9. The van der Waals surface area contributed by atoms with Gasteiger partial charge in [-0.05, 0) is 32.8 Å². The highest BCUT2D eigenvalue weighted by Gasteiger charge is 2.30. The van der Waals surface area contributed by atoms with E-state index in [9.17, 15) is 19.7 Å². The fraction of sp³-hybridized carbons (Fsp3) is 0.556. The first kappa shape index (κ1) is 20.2. The summed E-state index contributed by atoms with van der Waals surface area (Å²) in [5, 5.41) is 10.7. The molecule has 0 heterocycles. The molecule has 1 aromatic rings. The van der Waals surface area contributed by atoms with Crippen molar-refractivity contribution in [1.29, 1.82) is 0 Å². The average Bonchev–Trinajstić information content (AvgIpc) is 2.62.